The molecule has 345 valence electrons. The maximum atomic E-state index is 5.22. The number of nitrogens with zero attached hydrogens (tertiary/aromatic N) is 3. The fraction of sp³-hybridized carbons (Fsp3) is 0.933. The Balaban J connectivity index is -0.0000000375. The van der Waals surface area contributed by atoms with Crippen molar-refractivity contribution >= 4 is 0 Å². The van der Waals surface area contributed by atoms with Gasteiger partial charge in [-0.2, -0.15) is 20.8 Å². The van der Waals surface area contributed by atoms with E-state index in [0.29, 0.717) is 30.3 Å². The fourth-order valence-corrected chi connectivity index (χ4v) is 3.74. The van der Waals surface area contributed by atoms with Crippen molar-refractivity contribution in [2.45, 2.75) is 245 Å². The summed E-state index contributed by atoms with van der Waals surface area (Å²) in [6.07, 6.45) is 16.6. The zero-order chi connectivity index (χ0) is 42.3. The van der Waals surface area contributed by atoms with Crippen LogP contribution in [0.2, 0.25) is 0 Å². The first-order valence-electron chi connectivity index (χ1n) is 21.3. The fourth-order valence-electron chi connectivity index (χ4n) is 3.74. The molecule has 6 atom stereocenters. The summed E-state index contributed by atoms with van der Waals surface area (Å²) in [6.45, 7) is 48.9. The van der Waals surface area contributed by atoms with Crippen LogP contribution in [0.4, 0.5) is 0 Å². The van der Waals surface area contributed by atoms with Gasteiger partial charge in [0.2, 0.25) is 0 Å². The van der Waals surface area contributed by atoms with E-state index in [-0.39, 0.29) is 66.5 Å². The molecule has 3 aliphatic heterocycles. The molecule has 0 amide bonds. The molecule has 0 spiro atoms. The standard InChI is InChI=1S/3C7H14NO.6C3H8.3C2H5.3Tc/c1-3-6-4-7(9-2)5-8-6;1-3-6-7(9-2)4-5-8-6;1-3-6-4-5-7(8-6)9-2;6*1-3-2;3*1-2;;;/h3*6-7H,3-5H2,1-2H3;6*3H2,1-2H3;3*1H2,2H3;;;/q3*-1;;;;;;;3*-1;;;. The molecule has 0 aliphatic carbocycles. The van der Waals surface area contributed by atoms with E-state index in [4.69, 9.17) is 14.2 Å². The molecule has 0 bridgehead atoms. The maximum Gasteiger partial charge on any atom is 0.0395 e. The van der Waals surface area contributed by atoms with Crippen LogP contribution in [0.25, 0.3) is 16.0 Å². The van der Waals surface area contributed by atoms with E-state index in [1.54, 1.807) is 42.1 Å². The minimum Gasteiger partial charge on any atom is -0.657 e. The minimum atomic E-state index is 0. The average Bonchev–Trinajstić information content (AvgIpc) is 3.94. The van der Waals surface area contributed by atoms with Gasteiger partial charge in [0.25, 0.3) is 0 Å². The molecule has 0 aromatic rings. The van der Waals surface area contributed by atoms with Gasteiger partial charge in [-0.05, 0) is 25.5 Å². The summed E-state index contributed by atoms with van der Waals surface area (Å²) in [4.78, 5) is 0. The molecular formula is C45H105N3O3Tc3-6. The number of hydrogen-bond donors (Lipinski definition) is 0. The molecule has 6 nitrogen and oxygen atoms in total. The van der Waals surface area contributed by atoms with Gasteiger partial charge in [-0.1, -0.05) is 168 Å². The Bertz CT molecular complexity index is 394. The van der Waals surface area contributed by atoms with Crippen LogP contribution in [0.15, 0.2) is 0 Å². The second kappa shape index (κ2) is 95.2. The summed E-state index contributed by atoms with van der Waals surface area (Å²) >= 11 is 0. The van der Waals surface area contributed by atoms with Gasteiger partial charge in [-0.3, -0.25) is 0 Å². The van der Waals surface area contributed by atoms with Gasteiger partial charge in [0.05, 0.1) is 0 Å². The van der Waals surface area contributed by atoms with Gasteiger partial charge < -0.3 is 50.9 Å². The zero-order valence-electron chi connectivity index (χ0n) is 40.9. The summed E-state index contributed by atoms with van der Waals surface area (Å²) in [7, 11) is 5.26. The van der Waals surface area contributed by atoms with Gasteiger partial charge in [0.15, 0.2) is 0 Å². The normalized spacial score (nSPS) is 20.0. The van der Waals surface area contributed by atoms with Gasteiger partial charge in [0, 0.05) is 93.9 Å². The zero-order valence-corrected chi connectivity index (χ0v) is 46.5. The van der Waals surface area contributed by atoms with E-state index < -0.39 is 0 Å². The van der Waals surface area contributed by atoms with E-state index >= 15 is 0 Å². The number of ether oxygens (including phenoxy) is 3. The Hall–Kier alpha value is 1.71. The predicted molar refractivity (Wildman–Crippen MR) is 242 cm³/mol. The average molecular weight is 1030 g/mol. The van der Waals surface area contributed by atoms with Crippen molar-refractivity contribution in [3.05, 3.63) is 36.7 Å². The molecule has 6 unspecified atom stereocenters. The molecule has 0 N–H and O–H groups in total. The van der Waals surface area contributed by atoms with E-state index in [0.717, 1.165) is 38.8 Å². The van der Waals surface area contributed by atoms with Crippen LogP contribution in [0.5, 0.6) is 0 Å². The van der Waals surface area contributed by atoms with Crippen molar-refractivity contribution in [3.63, 3.8) is 0 Å². The Kier molecular flexibility index (Phi) is 154. The van der Waals surface area contributed by atoms with Gasteiger partial charge >= 0.3 is 0 Å². The van der Waals surface area contributed by atoms with Crippen LogP contribution >= 0.6 is 0 Å². The molecular weight excluding hydrogens is 925 g/mol. The molecule has 3 rings (SSSR count). The van der Waals surface area contributed by atoms with Crippen molar-refractivity contribution < 1.29 is 74.5 Å². The summed E-state index contributed by atoms with van der Waals surface area (Å²) in [5.74, 6) is 0. The van der Waals surface area contributed by atoms with Crippen LogP contribution in [0.3, 0.4) is 0 Å². The smallest absolute Gasteiger partial charge is 0.0395 e. The van der Waals surface area contributed by atoms with Crippen LogP contribution in [-0.2, 0) is 74.5 Å². The number of hydrogen-bond acceptors (Lipinski definition) is 3. The summed E-state index contributed by atoms with van der Waals surface area (Å²) < 4.78 is 15.4. The molecule has 3 radical (unpaired) electrons. The second-order valence-electron chi connectivity index (χ2n) is 11.7. The summed E-state index contributed by atoms with van der Waals surface area (Å²) in [6, 6.07) is 1.64. The third-order valence-corrected chi connectivity index (χ3v) is 5.70. The van der Waals surface area contributed by atoms with Crippen molar-refractivity contribution in [1.82, 2.24) is 0 Å². The quantitative estimate of drug-likeness (QED) is 0.249. The van der Waals surface area contributed by atoms with Gasteiger partial charge in [0.1, 0.15) is 0 Å². The molecule has 0 aromatic heterocycles. The number of methoxy groups -OCH3 is 3. The molecule has 3 saturated heterocycles. The molecule has 9 heteroatoms. The number of rotatable bonds is 6. The first kappa shape index (κ1) is 87.3. The maximum absolute atomic E-state index is 5.22. The van der Waals surface area contributed by atoms with E-state index in [1.807, 2.05) is 0 Å². The largest absolute Gasteiger partial charge is 0.657 e. The SMILES string of the molecule is CCC.CCC.CCC.CCC.CCC.CCC.CCC1CC(OC)C[N-]1.CCC1CCC(OC)[N-]1.CCC1[N-]CCC1OC.[CH2-]C.[CH2-]C.[CH2-]C.[Tc].[Tc].[Tc]. The van der Waals surface area contributed by atoms with Crippen LogP contribution < -0.4 is 0 Å². The van der Waals surface area contributed by atoms with Gasteiger partial charge in [-0.15, -0.1) is 31.2 Å². The molecule has 54 heavy (non-hydrogen) atoms. The second-order valence-corrected chi connectivity index (χ2v) is 11.7. The van der Waals surface area contributed by atoms with E-state index in [1.165, 1.54) is 57.8 Å². The van der Waals surface area contributed by atoms with E-state index in [9.17, 15) is 0 Å². The van der Waals surface area contributed by atoms with E-state index in [2.05, 4.69) is 141 Å². The summed E-state index contributed by atoms with van der Waals surface area (Å²) in [5.41, 5.74) is 0. The van der Waals surface area contributed by atoms with Crippen molar-refractivity contribution in [1.29, 1.82) is 0 Å². The third-order valence-electron chi connectivity index (χ3n) is 5.70. The first-order chi connectivity index (χ1) is 24.6. The Morgan fingerprint density at radius 1 is 0.463 bits per heavy atom. The molecule has 3 fully saturated rings. The van der Waals surface area contributed by atoms with Crippen molar-refractivity contribution in [2.24, 2.45) is 0 Å². The molecule has 3 heterocycles. The predicted octanol–water partition coefficient (Wildman–Crippen LogP) is 16.0. The monoisotopic (exact) mass is 1030 g/mol. The third kappa shape index (κ3) is 85.8. The van der Waals surface area contributed by atoms with Crippen molar-refractivity contribution in [2.75, 3.05) is 34.4 Å². The van der Waals surface area contributed by atoms with Crippen LogP contribution in [0, 0.1) is 20.8 Å². The van der Waals surface area contributed by atoms with Crippen molar-refractivity contribution in [3.8, 4) is 0 Å². The molecule has 3 aliphatic rings. The van der Waals surface area contributed by atoms with Gasteiger partial charge in [-0.25, -0.2) is 0 Å². The topological polar surface area (TPSA) is 70.0 Å². The molecule has 0 saturated carbocycles. The first-order valence-corrected chi connectivity index (χ1v) is 21.3. The minimum absolute atomic E-state index is 0. The Morgan fingerprint density at radius 2 is 0.833 bits per heavy atom. The Labute approximate surface area is 387 Å². The Morgan fingerprint density at radius 3 is 1.02 bits per heavy atom. The summed E-state index contributed by atoms with van der Waals surface area (Å²) in [5, 5.41) is 13.2. The van der Waals surface area contributed by atoms with Crippen LogP contribution in [0.1, 0.15) is 208 Å². The molecule has 0 aromatic carbocycles. The van der Waals surface area contributed by atoms with Crippen LogP contribution in [-0.4, -0.2) is 71.0 Å².